The lowest BCUT2D eigenvalue weighted by molar-refractivity contribution is -0.394. The maximum Gasteiger partial charge on any atom is 0.318 e. The first-order chi connectivity index (χ1) is 13.8. The lowest BCUT2D eigenvalue weighted by atomic mass is 10.2. The third kappa shape index (κ3) is 4.94. The third-order valence-corrected chi connectivity index (χ3v) is 4.19. The SMILES string of the molecule is Cc1ccc(Cl)cc1N=Cc1cccc(Oc2ccc([N+](=O)[O-])cc2[N+](=O)[O-])c1. The molecule has 3 rings (SSSR count). The zero-order chi connectivity index (χ0) is 21.0. The van der Waals surface area contributed by atoms with Gasteiger partial charge in [0.2, 0.25) is 5.75 Å². The fourth-order valence-electron chi connectivity index (χ4n) is 2.50. The number of aryl methyl sites for hydroxylation is 1. The molecule has 0 fully saturated rings. The molecule has 8 nitrogen and oxygen atoms in total. The fourth-order valence-corrected chi connectivity index (χ4v) is 2.67. The van der Waals surface area contributed by atoms with E-state index in [1.807, 2.05) is 13.0 Å². The minimum atomic E-state index is -0.727. The van der Waals surface area contributed by atoms with Gasteiger partial charge in [0.1, 0.15) is 5.75 Å². The van der Waals surface area contributed by atoms with Gasteiger partial charge >= 0.3 is 5.69 Å². The number of ether oxygens (including phenoxy) is 1. The number of halogens is 1. The Balaban J connectivity index is 1.87. The Hall–Kier alpha value is -3.78. The van der Waals surface area contributed by atoms with Crippen LogP contribution in [0.3, 0.4) is 0 Å². The normalized spacial score (nSPS) is 10.8. The summed E-state index contributed by atoms with van der Waals surface area (Å²) >= 11 is 5.99. The molecule has 0 aliphatic heterocycles. The second-order valence-electron chi connectivity index (χ2n) is 6.03. The molecule has 0 radical (unpaired) electrons. The van der Waals surface area contributed by atoms with Crippen molar-refractivity contribution in [3.05, 3.63) is 97.0 Å². The van der Waals surface area contributed by atoms with E-state index in [0.717, 1.165) is 23.4 Å². The highest BCUT2D eigenvalue weighted by Crippen LogP contribution is 2.34. The molecule has 0 bridgehead atoms. The first kappa shape index (κ1) is 20.0. The van der Waals surface area contributed by atoms with E-state index in [9.17, 15) is 20.2 Å². The summed E-state index contributed by atoms with van der Waals surface area (Å²) < 4.78 is 5.59. The van der Waals surface area contributed by atoms with Crippen molar-refractivity contribution in [1.82, 2.24) is 0 Å². The molecule has 146 valence electrons. The molecule has 29 heavy (non-hydrogen) atoms. The van der Waals surface area contributed by atoms with Crippen LogP contribution >= 0.6 is 11.6 Å². The van der Waals surface area contributed by atoms with Gasteiger partial charge in [-0.05, 0) is 48.4 Å². The second kappa shape index (κ2) is 8.49. The number of nitro groups is 2. The molecule has 0 N–H and O–H groups in total. The average molecular weight is 412 g/mol. The Morgan fingerprint density at radius 1 is 1.00 bits per heavy atom. The summed E-state index contributed by atoms with van der Waals surface area (Å²) in [7, 11) is 0. The van der Waals surface area contributed by atoms with Gasteiger partial charge in [0.15, 0.2) is 0 Å². The van der Waals surface area contributed by atoms with E-state index in [0.29, 0.717) is 16.3 Å². The number of nitro benzene ring substituents is 2. The summed E-state index contributed by atoms with van der Waals surface area (Å²) in [6, 6.07) is 15.4. The molecule has 0 atom stereocenters. The quantitative estimate of drug-likeness (QED) is 0.280. The molecular formula is C20H14ClN3O5. The van der Waals surface area contributed by atoms with Crippen LogP contribution in [-0.2, 0) is 0 Å². The van der Waals surface area contributed by atoms with Crippen LogP contribution in [0.4, 0.5) is 17.1 Å². The summed E-state index contributed by atoms with van der Waals surface area (Å²) in [4.78, 5) is 25.1. The number of nitrogens with zero attached hydrogens (tertiary/aromatic N) is 3. The standard InChI is InChI=1S/C20H14ClN3O5/c1-13-5-6-15(21)10-18(13)22-12-14-3-2-4-17(9-14)29-20-8-7-16(23(25)26)11-19(20)24(27)28/h2-12H,1H3. The monoisotopic (exact) mass is 411 g/mol. The number of hydrogen-bond donors (Lipinski definition) is 0. The van der Waals surface area contributed by atoms with Crippen LogP contribution in [0.25, 0.3) is 0 Å². The van der Waals surface area contributed by atoms with E-state index in [2.05, 4.69) is 4.99 Å². The molecule has 0 spiro atoms. The van der Waals surface area contributed by atoms with Gasteiger partial charge in [-0.2, -0.15) is 0 Å². The van der Waals surface area contributed by atoms with Crippen molar-refractivity contribution >= 4 is 34.9 Å². The lowest BCUT2D eigenvalue weighted by Crippen LogP contribution is -1.96. The summed E-state index contributed by atoms with van der Waals surface area (Å²) in [6.45, 7) is 1.91. The van der Waals surface area contributed by atoms with Gasteiger partial charge in [0.05, 0.1) is 21.6 Å². The number of rotatable bonds is 6. The van der Waals surface area contributed by atoms with Crippen LogP contribution in [0.5, 0.6) is 11.5 Å². The molecule has 0 saturated carbocycles. The van der Waals surface area contributed by atoms with Gasteiger partial charge in [-0.25, -0.2) is 0 Å². The van der Waals surface area contributed by atoms with Crippen LogP contribution in [0.15, 0.2) is 65.7 Å². The zero-order valence-corrected chi connectivity index (χ0v) is 15.9. The van der Waals surface area contributed by atoms with E-state index in [1.54, 1.807) is 42.6 Å². The fraction of sp³-hybridized carbons (Fsp3) is 0.0500. The highest BCUT2D eigenvalue weighted by atomic mass is 35.5. The molecular weight excluding hydrogens is 398 g/mol. The first-order valence-corrected chi connectivity index (χ1v) is 8.72. The predicted octanol–water partition coefficient (Wildman–Crippen LogP) is 6.01. The molecule has 3 aromatic rings. The van der Waals surface area contributed by atoms with Gasteiger partial charge in [-0.1, -0.05) is 29.8 Å². The van der Waals surface area contributed by atoms with Crippen molar-refractivity contribution in [2.24, 2.45) is 4.99 Å². The average Bonchev–Trinajstić information content (AvgIpc) is 2.69. The van der Waals surface area contributed by atoms with Crippen molar-refractivity contribution in [3.63, 3.8) is 0 Å². The largest absolute Gasteiger partial charge is 0.450 e. The van der Waals surface area contributed by atoms with E-state index in [1.165, 1.54) is 6.07 Å². The Morgan fingerprint density at radius 2 is 1.79 bits per heavy atom. The van der Waals surface area contributed by atoms with Crippen LogP contribution in [0.2, 0.25) is 5.02 Å². The summed E-state index contributed by atoms with van der Waals surface area (Å²) in [5, 5.41) is 22.7. The molecule has 0 aromatic heterocycles. The smallest absolute Gasteiger partial charge is 0.318 e. The van der Waals surface area contributed by atoms with Crippen LogP contribution < -0.4 is 4.74 Å². The molecule has 0 unspecified atom stereocenters. The topological polar surface area (TPSA) is 108 Å². The Morgan fingerprint density at radius 3 is 2.52 bits per heavy atom. The number of aliphatic imine (C=N–C) groups is 1. The van der Waals surface area contributed by atoms with Crippen LogP contribution in [0, 0.1) is 27.2 Å². The van der Waals surface area contributed by atoms with Gasteiger partial charge in [0.25, 0.3) is 5.69 Å². The molecule has 3 aromatic carbocycles. The predicted molar refractivity (Wildman–Crippen MR) is 110 cm³/mol. The van der Waals surface area contributed by atoms with Crippen molar-refractivity contribution in [2.45, 2.75) is 6.92 Å². The van der Waals surface area contributed by atoms with Gasteiger partial charge in [0, 0.05) is 17.3 Å². The van der Waals surface area contributed by atoms with E-state index in [-0.39, 0.29) is 11.4 Å². The van der Waals surface area contributed by atoms with Crippen molar-refractivity contribution < 1.29 is 14.6 Å². The Bertz CT molecular complexity index is 1130. The maximum absolute atomic E-state index is 11.2. The lowest BCUT2D eigenvalue weighted by Gasteiger charge is -2.07. The van der Waals surface area contributed by atoms with E-state index < -0.39 is 15.5 Å². The maximum atomic E-state index is 11.2. The number of benzene rings is 3. The van der Waals surface area contributed by atoms with Crippen molar-refractivity contribution in [2.75, 3.05) is 0 Å². The van der Waals surface area contributed by atoms with Crippen LogP contribution in [-0.4, -0.2) is 16.1 Å². The summed E-state index contributed by atoms with van der Waals surface area (Å²) in [5.41, 5.74) is 1.50. The Kier molecular flexibility index (Phi) is 5.85. The minimum absolute atomic E-state index is 0.0969. The van der Waals surface area contributed by atoms with Crippen molar-refractivity contribution in [1.29, 1.82) is 0 Å². The Labute approximate surface area is 170 Å². The molecule has 0 saturated heterocycles. The highest BCUT2D eigenvalue weighted by Gasteiger charge is 2.21. The zero-order valence-electron chi connectivity index (χ0n) is 15.1. The summed E-state index contributed by atoms with van der Waals surface area (Å²) in [6.07, 6.45) is 1.62. The van der Waals surface area contributed by atoms with Crippen molar-refractivity contribution in [3.8, 4) is 11.5 Å². The molecule has 0 aliphatic rings. The molecule has 0 amide bonds. The van der Waals surface area contributed by atoms with Crippen LogP contribution in [0.1, 0.15) is 11.1 Å². The van der Waals surface area contributed by atoms with E-state index in [4.69, 9.17) is 16.3 Å². The van der Waals surface area contributed by atoms with E-state index >= 15 is 0 Å². The third-order valence-electron chi connectivity index (χ3n) is 3.96. The second-order valence-corrected chi connectivity index (χ2v) is 6.47. The number of non-ortho nitro benzene ring substituents is 1. The van der Waals surface area contributed by atoms with Gasteiger partial charge < -0.3 is 4.74 Å². The van der Waals surface area contributed by atoms with Gasteiger partial charge in [-0.15, -0.1) is 0 Å². The highest BCUT2D eigenvalue weighted by molar-refractivity contribution is 6.30. The van der Waals surface area contributed by atoms with Gasteiger partial charge in [-0.3, -0.25) is 25.2 Å². The summed E-state index contributed by atoms with van der Waals surface area (Å²) in [5.74, 6) is 0.231. The molecule has 0 heterocycles. The molecule has 0 aliphatic carbocycles. The minimum Gasteiger partial charge on any atom is -0.450 e. The first-order valence-electron chi connectivity index (χ1n) is 8.34. The molecule has 9 heteroatoms. The number of hydrogen-bond acceptors (Lipinski definition) is 6.